The van der Waals surface area contributed by atoms with Crippen molar-refractivity contribution in [2.75, 3.05) is 12.0 Å². The van der Waals surface area contributed by atoms with Gasteiger partial charge in [-0.2, -0.15) is 0 Å². The summed E-state index contributed by atoms with van der Waals surface area (Å²) in [7, 11) is 1.50. The first-order valence-electron chi connectivity index (χ1n) is 8.92. The molecule has 1 aromatic heterocycles. The van der Waals surface area contributed by atoms with Crippen LogP contribution in [-0.4, -0.2) is 34.1 Å². The highest BCUT2D eigenvalue weighted by Gasteiger charge is 2.49. The Kier molecular flexibility index (Phi) is 5.04. The number of amides is 1. The molecule has 0 radical (unpaired) electrons. The molecule has 4 rings (SSSR count). The average Bonchev–Trinajstić information content (AvgIpc) is 3.29. The number of carbonyl (C=O) groups is 2. The fourth-order valence-corrected chi connectivity index (χ4v) is 4.02. The highest BCUT2D eigenvalue weighted by atomic mass is 32.1. The molecule has 0 aliphatic carbocycles. The van der Waals surface area contributed by atoms with Crippen LogP contribution in [0.4, 0.5) is 9.52 Å². The third-order valence-electron chi connectivity index (χ3n) is 4.73. The van der Waals surface area contributed by atoms with Crippen LogP contribution in [-0.2, 0) is 9.59 Å². The van der Waals surface area contributed by atoms with Gasteiger partial charge in [0, 0.05) is 11.1 Å². The van der Waals surface area contributed by atoms with E-state index in [9.17, 15) is 19.1 Å². The van der Waals surface area contributed by atoms with Crippen molar-refractivity contribution in [3.05, 3.63) is 76.1 Å². The van der Waals surface area contributed by atoms with Crippen LogP contribution in [0, 0.1) is 12.7 Å². The zero-order valence-electron chi connectivity index (χ0n) is 16.0. The molecule has 1 aliphatic heterocycles. The lowest BCUT2D eigenvalue weighted by Gasteiger charge is -2.22. The first-order valence-corrected chi connectivity index (χ1v) is 9.74. The molecule has 0 saturated carbocycles. The number of rotatable bonds is 4. The van der Waals surface area contributed by atoms with E-state index in [0.29, 0.717) is 16.3 Å². The monoisotopic (exact) mass is 425 g/mol. The molecule has 1 unspecified atom stereocenters. The second-order valence-corrected chi connectivity index (χ2v) is 7.68. The third-order valence-corrected chi connectivity index (χ3v) is 5.57. The number of benzene rings is 2. The van der Waals surface area contributed by atoms with E-state index >= 15 is 0 Å². The van der Waals surface area contributed by atoms with Crippen molar-refractivity contribution in [2.45, 2.75) is 13.0 Å². The van der Waals surface area contributed by atoms with Gasteiger partial charge >= 0.3 is 5.91 Å². The molecule has 1 saturated heterocycles. The lowest BCUT2D eigenvalue weighted by atomic mass is 9.95. The Morgan fingerprint density at radius 1 is 1.13 bits per heavy atom. The summed E-state index contributed by atoms with van der Waals surface area (Å²) < 4.78 is 19.8. The number of hydrogen-bond donors (Lipinski definition) is 1. The number of carbonyl (C=O) groups excluding carboxylic acids is 2. The van der Waals surface area contributed by atoms with Crippen molar-refractivity contribution in [3.8, 4) is 5.75 Å². The molecule has 30 heavy (non-hydrogen) atoms. The van der Waals surface area contributed by atoms with E-state index in [1.165, 1.54) is 25.3 Å². The zero-order chi connectivity index (χ0) is 21.4. The first-order chi connectivity index (χ1) is 14.4. The number of ketones is 1. The normalized spacial score (nSPS) is 18.1. The van der Waals surface area contributed by atoms with Crippen molar-refractivity contribution in [3.63, 3.8) is 0 Å². The van der Waals surface area contributed by atoms with Crippen molar-refractivity contribution in [2.24, 2.45) is 0 Å². The molecule has 1 atom stereocenters. The van der Waals surface area contributed by atoms with Gasteiger partial charge in [0.05, 0.1) is 12.7 Å². The maximum Gasteiger partial charge on any atom is 0.301 e. The lowest BCUT2D eigenvalue weighted by molar-refractivity contribution is -0.132. The number of aromatic nitrogens is 2. The first kappa shape index (κ1) is 19.7. The summed E-state index contributed by atoms with van der Waals surface area (Å²) in [6.45, 7) is 1.70. The Hall–Kier alpha value is -3.59. The summed E-state index contributed by atoms with van der Waals surface area (Å²) in [6.07, 6.45) is 0. The van der Waals surface area contributed by atoms with Crippen LogP contribution in [0.3, 0.4) is 0 Å². The second-order valence-electron chi connectivity index (χ2n) is 6.52. The number of aliphatic hydroxyl groups excluding tert-OH is 1. The van der Waals surface area contributed by atoms with Gasteiger partial charge in [-0.25, -0.2) is 4.39 Å². The molecule has 3 aromatic rings. The maximum absolute atomic E-state index is 14.7. The summed E-state index contributed by atoms with van der Waals surface area (Å²) >= 11 is 1.10. The van der Waals surface area contributed by atoms with Crippen molar-refractivity contribution in [1.29, 1.82) is 0 Å². The van der Waals surface area contributed by atoms with Crippen molar-refractivity contribution in [1.82, 2.24) is 10.2 Å². The predicted octanol–water partition coefficient (Wildman–Crippen LogP) is 3.62. The summed E-state index contributed by atoms with van der Waals surface area (Å²) in [5.74, 6) is -2.30. The Labute approximate surface area is 175 Å². The van der Waals surface area contributed by atoms with Crippen LogP contribution in [0.5, 0.6) is 5.75 Å². The van der Waals surface area contributed by atoms with Gasteiger partial charge in [0.2, 0.25) is 5.13 Å². The molecule has 1 N–H and O–H groups in total. The van der Waals surface area contributed by atoms with E-state index in [0.717, 1.165) is 16.2 Å². The fraction of sp³-hybridized carbons (Fsp3) is 0.143. The highest BCUT2D eigenvalue weighted by Crippen LogP contribution is 2.43. The zero-order valence-corrected chi connectivity index (χ0v) is 16.8. The minimum Gasteiger partial charge on any atom is -0.507 e. The number of halogens is 1. The Morgan fingerprint density at radius 2 is 1.83 bits per heavy atom. The SMILES string of the molecule is COc1ccc(/C(O)=C2/C(=O)C(=O)N(c3nnc(C)s3)C2c2ccccc2F)cc1. The maximum atomic E-state index is 14.7. The smallest absolute Gasteiger partial charge is 0.301 e. The number of ether oxygens (including phenoxy) is 1. The van der Waals surface area contributed by atoms with Gasteiger partial charge in [-0.15, -0.1) is 10.2 Å². The van der Waals surface area contributed by atoms with E-state index in [-0.39, 0.29) is 16.3 Å². The Balaban J connectivity index is 1.94. The van der Waals surface area contributed by atoms with Crippen LogP contribution < -0.4 is 9.64 Å². The average molecular weight is 425 g/mol. The number of aliphatic hydroxyl groups is 1. The summed E-state index contributed by atoms with van der Waals surface area (Å²) in [5.41, 5.74) is 0.145. The summed E-state index contributed by atoms with van der Waals surface area (Å²) in [4.78, 5) is 26.9. The minimum absolute atomic E-state index is 0.0691. The molecule has 7 nitrogen and oxygen atoms in total. The van der Waals surface area contributed by atoms with Crippen LogP contribution in [0.1, 0.15) is 22.2 Å². The lowest BCUT2D eigenvalue weighted by Crippen LogP contribution is -2.29. The summed E-state index contributed by atoms with van der Waals surface area (Å²) in [5, 5.41) is 19.5. The minimum atomic E-state index is -1.18. The molecule has 2 heterocycles. The van der Waals surface area contributed by atoms with E-state index in [2.05, 4.69) is 10.2 Å². The number of nitrogens with zero attached hydrogens (tertiary/aromatic N) is 3. The van der Waals surface area contributed by atoms with Crippen molar-refractivity contribution < 1.29 is 23.8 Å². The Bertz CT molecular complexity index is 1170. The predicted molar refractivity (Wildman–Crippen MR) is 109 cm³/mol. The number of hydrogen-bond acceptors (Lipinski definition) is 7. The van der Waals surface area contributed by atoms with Gasteiger partial charge in [-0.05, 0) is 37.3 Å². The quantitative estimate of drug-likeness (QED) is 0.390. The highest BCUT2D eigenvalue weighted by molar-refractivity contribution is 7.15. The van der Waals surface area contributed by atoms with E-state index in [1.54, 1.807) is 37.3 Å². The van der Waals surface area contributed by atoms with Crippen LogP contribution >= 0.6 is 11.3 Å². The van der Waals surface area contributed by atoms with Gasteiger partial charge in [0.15, 0.2) is 0 Å². The third kappa shape index (κ3) is 3.22. The molecule has 0 bridgehead atoms. The topological polar surface area (TPSA) is 92.6 Å². The second kappa shape index (κ2) is 7.68. The molecule has 1 amide bonds. The number of aryl methyl sites for hydroxylation is 1. The molecule has 1 fully saturated rings. The molecule has 1 aliphatic rings. The van der Waals surface area contributed by atoms with Gasteiger partial charge in [-0.1, -0.05) is 29.5 Å². The molecular formula is C21H16FN3O4S. The standard InChI is InChI=1S/C21H16FN3O4S/c1-11-23-24-21(30-11)25-17(14-5-3-4-6-15(14)22)16(19(27)20(25)28)18(26)12-7-9-13(29-2)10-8-12/h3-10,17,26H,1-2H3/b18-16-. The number of methoxy groups -OCH3 is 1. The van der Waals surface area contributed by atoms with Crippen LogP contribution in [0.25, 0.3) is 5.76 Å². The largest absolute Gasteiger partial charge is 0.507 e. The number of anilines is 1. The van der Waals surface area contributed by atoms with E-state index in [4.69, 9.17) is 4.74 Å². The molecule has 0 spiro atoms. The molecular weight excluding hydrogens is 409 g/mol. The summed E-state index contributed by atoms with van der Waals surface area (Å²) in [6, 6.07) is 10.9. The fourth-order valence-electron chi connectivity index (χ4n) is 3.31. The van der Waals surface area contributed by atoms with Gasteiger partial charge in [0.25, 0.3) is 5.78 Å². The van der Waals surface area contributed by atoms with Crippen molar-refractivity contribution >= 4 is 33.9 Å². The van der Waals surface area contributed by atoms with Gasteiger partial charge in [0.1, 0.15) is 28.4 Å². The van der Waals surface area contributed by atoms with Crippen LogP contribution in [0.15, 0.2) is 54.1 Å². The Morgan fingerprint density at radius 3 is 2.43 bits per heavy atom. The van der Waals surface area contributed by atoms with E-state index in [1.807, 2.05) is 0 Å². The van der Waals surface area contributed by atoms with Crippen LogP contribution in [0.2, 0.25) is 0 Å². The van der Waals surface area contributed by atoms with Gasteiger partial charge in [-0.3, -0.25) is 14.5 Å². The van der Waals surface area contributed by atoms with E-state index < -0.39 is 29.3 Å². The molecule has 152 valence electrons. The molecule has 9 heteroatoms. The van der Waals surface area contributed by atoms with Gasteiger partial charge < -0.3 is 9.84 Å². The molecule has 2 aromatic carbocycles. The number of Topliss-reactive ketones (excluding diaryl/α,β-unsaturated/α-hetero) is 1.